The maximum Gasteiger partial charge on any atom is 0.242 e. The third-order valence-electron chi connectivity index (χ3n) is 4.63. The van der Waals surface area contributed by atoms with Crippen molar-refractivity contribution in [3.8, 4) is 0 Å². The van der Waals surface area contributed by atoms with Crippen LogP contribution < -0.4 is 10.6 Å². The van der Waals surface area contributed by atoms with Gasteiger partial charge in [-0.2, -0.15) is 0 Å². The Morgan fingerprint density at radius 3 is 2.44 bits per heavy atom. The maximum atomic E-state index is 12.3. The first-order chi connectivity index (χ1) is 12.2. The molecule has 2 aliphatic heterocycles. The molecule has 27 heavy (non-hydrogen) atoms. The molecule has 2 fully saturated rings. The van der Waals surface area contributed by atoms with Gasteiger partial charge in [-0.1, -0.05) is 30.3 Å². The quantitative estimate of drug-likeness (QED) is 0.718. The SMILES string of the molecule is Cl.Cl.O=C(NCC(=O)N1CCN(Cc2ccccc2)CC1)C1COCCN1. The van der Waals surface area contributed by atoms with Crippen molar-refractivity contribution in [2.75, 3.05) is 52.5 Å². The maximum absolute atomic E-state index is 12.3. The minimum atomic E-state index is -0.357. The van der Waals surface area contributed by atoms with E-state index in [2.05, 4.69) is 27.7 Å². The van der Waals surface area contributed by atoms with Gasteiger partial charge in [0.2, 0.25) is 11.8 Å². The molecule has 0 spiro atoms. The molecule has 2 heterocycles. The molecule has 0 saturated carbocycles. The van der Waals surface area contributed by atoms with Crippen LogP contribution in [0.2, 0.25) is 0 Å². The van der Waals surface area contributed by atoms with E-state index in [1.807, 2.05) is 23.1 Å². The largest absolute Gasteiger partial charge is 0.378 e. The molecule has 2 amide bonds. The Labute approximate surface area is 172 Å². The molecule has 9 heteroatoms. The molecular formula is C18H28Cl2N4O3. The van der Waals surface area contributed by atoms with Gasteiger partial charge in [-0.3, -0.25) is 14.5 Å². The third kappa shape index (κ3) is 7.27. The first kappa shape index (κ1) is 23.7. The Kier molecular flexibility index (Phi) is 10.6. The number of hydrogen-bond acceptors (Lipinski definition) is 5. The van der Waals surface area contributed by atoms with Crippen LogP contribution in [0.5, 0.6) is 0 Å². The molecule has 2 N–H and O–H groups in total. The van der Waals surface area contributed by atoms with Crippen LogP contribution in [0.15, 0.2) is 30.3 Å². The molecule has 1 unspecified atom stereocenters. The van der Waals surface area contributed by atoms with Crippen molar-refractivity contribution < 1.29 is 14.3 Å². The van der Waals surface area contributed by atoms with Gasteiger partial charge < -0.3 is 20.3 Å². The minimum absolute atomic E-state index is 0. The Balaban J connectivity index is 0.00000182. The number of rotatable bonds is 5. The highest BCUT2D eigenvalue weighted by Crippen LogP contribution is 2.08. The van der Waals surface area contributed by atoms with Crippen LogP contribution in [-0.4, -0.2) is 80.1 Å². The van der Waals surface area contributed by atoms with E-state index in [9.17, 15) is 9.59 Å². The number of ether oxygens (including phenoxy) is 1. The number of benzene rings is 1. The fourth-order valence-corrected chi connectivity index (χ4v) is 3.13. The van der Waals surface area contributed by atoms with Gasteiger partial charge in [0.15, 0.2) is 0 Å². The van der Waals surface area contributed by atoms with E-state index in [0.29, 0.717) is 32.8 Å². The van der Waals surface area contributed by atoms with Gasteiger partial charge in [0.25, 0.3) is 0 Å². The first-order valence-electron chi connectivity index (χ1n) is 8.85. The lowest BCUT2D eigenvalue weighted by Gasteiger charge is -2.35. The number of nitrogens with zero attached hydrogens (tertiary/aromatic N) is 2. The van der Waals surface area contributed by atoms with Crippen molar-refractivity contribution in [1.29, 1.82) is 0 Å². The summed E-state index contributed by atoms with van der Waals surface area (Å²) in [5.41, 5.74) is 1.29. The number of morpholine rings is 1. The summed E-state index contributed by atoms with van der Waals surface area (Å²) in [5.74, 6) is -0.194. The molecular weight excluding hydrogens is 391 g/mol. The Bertz CT molecular complexity index is 577. The predicted molar refractivity (Wildman–Crippen MR) is 108 cm³/mol. The van der Waals surface area contributed by atoms with Crippen molar-refractivity contribution in [2.24, 2.45) is 0 Å². The minimum Gasteiger partial charge on any atom is -0.378 e. The van der Waals surface area contributed by atoms with Crippen LogP contribution in [-0.2, 0) is 20.9 Å². The van der Waals surface area contributed by atoms with E-state index < -0.39 is 0 Å². The predicted octanol–water partition coefficient (Wildman–Crippen LogP) is 0.279. The molecule has 0 aliphatic carbocycles. The number of amides is 2. The molecule has 0 aromatic heterocycles. The summed E-state index contributed by atoms with van der Waals surface area (Å²) in [6.07, 6.45) is 0. The molecule has 152 valence electrons. The highest BCUT2D eigenvalue weighted by atomic mass is 35.5. The van der Waals surface area contributed by atoms with Gasteiger partial charge in [-0.25, -0.2) is 0 Å². The lowest BCUT2D eigenvalue weighted by Crippen LogP contribution is -2.54. The average Bonchev–Trinajstić information content (AvgIpc) is 2.68. The summed E-state index contributed by atoms with van der Waals surface area (Å²) < 4.78 is 5.26. The summed E-state index contributed by atoms with van der Waals surface area (Å²) >= 11 is 0. The van der Waals surface area contributed by atoms with Gasteiger partial charge in [-0.15, -0.1) is 24.8 Å². The van der Waals surface area contributed by atoms with Gasteiger partial charge in [0, 0.05) is 39.3 Å². The summed E-state index contributed by atoms with van der Waals surface area (Å²) in [4.78, 5) is 28.5. The van der Waals surface area contributed by atoms with E-state index in [4.69, 9.17) is 4.74 Å². The average molecular weight is 419 g/mol. The molecule has 0 radical (unpaired) electrons. The molecule has 3 rings (SSSR count). The number of carbonyl (C=O) groups excluding carboxylic acids is 2. The van der Waals surface area contributed by atoms with E-state index in [0.717, 1.165) is 19.6 Å². The van der Waals surface area contributed by atoms with Gasteiger partial charge in [0.1, 0.15) is 6.04 Å². The van der Waals surface area contributed by atoms with Crippen molar-refractivity contribution in [1.82, 2.24) is 20.4 Å². The highest BCUT2D eigenvalue weighted by molar-refractivity contribution is 5.87. The van der Waals surface area contributed by atoms with Crippen LogP contribution >= 0.6 is 24.8 Å². The van der Waals surface area contributed by atoms with E-state index in [1.54, 1.807) is 0 Å². The third-order valence-corrected chi connectivity index (χ3v) is 4.63. The molecule has 1 aromatic carbocycles. The van der Waals surface area contributed by atoms with Crippen LogP contribution in [0.25, 0.3) is 0 Å². The first-order valence-corrected chi connectivity index (χ1v) is 8.85. The smallest absolute Gasteiger partial charge is 0.242 e. The highest BCUT2D eigenvalue weighted by Gasteiger charge is 2.24. The number of halogens is 2. The number of piperazine rings is 1. The van der Waals surface area contributed by atoms with E-state index >= 15 is 0 Å². The second-order valence-corrected chi connectivity index (χ2v) is 6.44. The second kappa shape index (κ2) is 12.2. The normalized spacial score (nSPS) is 20.1. The zero-order valence-electron chi connectivity index (χ0n) is 15.3. The summed E-state index contributed by atoms with van der Waals surface area (Å²) in [6.45, 7) is 5.71. The Hall–Kier alpha value is -1.38. The zero-order valence-corrected chi connectivity index (χ0v) is 16.9. The van der Waals surface area contributed by atoms with Gasteiger partial charge in [0.05, 0.1) is 19.8 Å². The van der Waals surface area contributed by atoms with Crippen LogP contribution in [0.3, 0.4) is 0 Å². The van der Waals surface area contributed by atoms with Crippen LogP contribution in [0, 0.1) is 0 Å². The van der Waals surface area contributed by atoms with E-state index in [1.165, 1.54) is 5.56 Å². The summed E-state index contributed by atoms with van der Waals surface area (Å²) in [6, 6.07) is 9.99. The summed E-state index contributed by atoms with van der Waals surface area (Å²) in [5, 5.41) is 5.80. The molecule has 0 bridgehead atoms. The van der Waals surface area contributed by atoms with Gasteiger partial charge >= 0.3 is 0 Å². The topological polar surface area (TPSA) is 73.9 Å². The standard InChI is InChI=1S/C18H26N4O3.2ClH/c23-17(12-20-18(24)16-14-25-11-6-19-16)22-9-7-21(8-10-22)13-15-4-2-1-3-5-15;;/h1-5,16,19H,6-14H2,(H,20,24);2*1H. The zero-order chi connectivity index (χ0) is 17.5. The number of nitrogens with one attached hydrogen (secondary N) is 2. The lowest BCUT2D eigenvalue weighted by atomic mass is 10.2. The molecule has 2 saturated heterocycles. The van der Waals surface area contributed by atoms with E-state index in [-0.39, 0.29) is 49.2 Å². The Morgan fingerprint density at radius 2 is 1.81 bits per heavy atom. The molecule has 2 aliphatic rings. The number of carbonyl (C=O) groups is 2. The fraction of sp³-hybridized carbons (Fsp3) is 0.556. The Morgan fingerprint density at radius 1 is 1.11 bits per heavy atom. The van der Waals surface area contributed by atoms with Crippen LogP contribution in [0.1, 0.15) is 5.56 Å². The van der Waals surface area contributed by atoms with Crippen molar-refractivity contribution in [2.45, 2.75) is 12.6 Å². The lowest BCUT2D eigenvalue weighted by molar-refractivity contribution is -0.135. The van der Waals surface area contributed by atoms with Crippen molar-refractivity contribution >= 4 is 36.6 Å². The number of hydrogen-bond donors (Lipinski definition) is 2. The summed E-state index contributed by atoms with van der Waals surface area (Å²) in [7, 11) is 0. The van der Waals surface area contributed by atoms with Crippen molar-refractivity contribution in [3.63, 3.8) is 0 Å². The second-order valence-electron chi connectivity index (χ2n) is 6.44. The fourth-order valence-electron chi connectivity index (χ4n) is 3.13. The molecule has 1 aromatic rings. The van der Waals surface area contributed by atoms with Crippen molar-refractivity contribution in [3.05, 3.63) is 35.9 Å². The molecule has 7 nitrogen and oxygen atoms in total. The monoisotopic (exact) mass is 418 g/mol. The van der Waals surface area contributed by atoms with Crippen LogP contribution in [0.4, 0.5) is 0 Å². The molecule has 1 atom stereocenters. The van der Waals surface area contributed by atoms with Gasteiger partial charge in [-0.05, 0) is 5.56 Å².